The molecule has 0 radical (unpaired) electrons. The van der Waals surface area contributed by atoms with E-state index in [0.717, 1.165) is 77.0 Å². The molecule has 24 aromatic rings. The molecule has 22 nitrogen and oxygen atoms in total. The van der Waals surface area contributed by atoms with Gasteiger partial charge in [-0.2, -0.15) is 0 Å². The Balaban J connectivity index is 0.0000000932. The van der Waals surface area contributed by atoms with Crippen molar-refractivity contribution < 1.29 is 57.5 Å². The van der Waals surface area contributed by atoms with Gasteiger partial charge in [0.05, 0.1) is 0 Å². The van der Waals surface area contributed by atoms with E-state index in [1.807, 2.05) is 146 Å². The SMILES string of the molecule is O=C1/C(=C\c2ccc(-n3ccc4ccccc43)[se]2)C(=O)c2sccc21.O=C1/C(=C\c2ccc(-n3ccc4ccccc43)[te]2)C(=O)c2sccc21.O=C1/C(=C\c2ccc(-n3ccc4cccnc43)[se]2)C(=O)c2sccc21.O=C1/C(=C\c2ccc(-n3ccc4cccnc43)[te]2)C(=O)c2sccc21.O=C1/C(=C\c2ccc(-n3ccc4ccncc43)[se]2)C(=O)c2sccc21.O=C1/C(=C\c2ccc(-n3ccc4ccncc43)[te]2)C(=O)c2sccc21. The number of allylic oxidation sites excluding steroid dienone is 6. The van der Waals surface area contributed by atoms with Crippen molar-refractivity contribution in [3.63, 3.8) is 0 Å². The molecule has 22 aromatic heterocycles. The predicted molar refractivity (Wildman–Crippen MR) is 598 cm³/mol. The van der Waals surface area contributed by atoms with Crippen LogP contribution in [0.4, 0.5) is 0 Å². The van der Waals surface area contributed by atoms with Crippen molar-refractivity contribution >= 4 is 344 Å². The number of Topliss-reactive ketones (excluding diaryl/α,β-unsaturated/α-hetero) is 12. The van der Waals surface area contributed by atoms with Crippen molar-refractivity contribution in [3.8, 4) is 24.8 Å². The number of carbonyl (C=O) groups is 12. The Bertz CT molecular complexity index is 8440. The summed E-state index contributed by atoms with van der Waals surface area (Å²) in [6.45, 7) is 0. The second kappa shape index (κ2) is 40.6. The fourth-order valence-electron chi connectivity index (χ4n) is 18.3. The van der Waals surface area contributed by atoms with Crippen LogP contribution in [0, 0.1) is 0 Å². The molecular formula is C116H62N10O12S6Se3Te3. The van der Waals surface area contributed by atoms with E-state index in [2.05, 4.69) is 151 Å². The normalized spacial score (nSPS) is 15.4. The Morgan fingerprint density at radius 1 is 0.227 bits per heavy atom. The number of aromatic nitrogens is 10. The van der Waals surface area contributed by atoms with Crippen LogP contribution in [0.5, 0.6) is 0 Å². The Morgan fingerprint density at radius 2 is 0.500 bits per heavy atom. The standard InChI is InChI=1S/C20H11NO2SSe.C20H11NO2STe.2C19H10N2O2SSe.2C19H10N2O2STe/c2*22-18-14-8-10-24-20(14)19(23)15(18)11-13-5-6-17(25-13)21-9-7-12-3-1-2-4-16(12)21;22-17-13-5-8-24-19(13)18(23)14(17)9-12-1-2-16(25-12)21-7-4-11-3-6-20-10-15(11)21;22-16-13-6-9-24-18(13)17(23)14(16)10-12-3-4-15(25-12)21-8-5-11-2-1-7-20-19(11)21;22-17-13-5-8-24-19(13)18(23)14(17)9-12-1-2-16(25-12)21-7-4-11-3-6-20-10-15(11)21;22-16-13-6-9-24-18(13)17(23)14(16)10-12-3-4-15(25-12)21-8-5-11-2-1-7-20-19(11)21/h2*1-11H;4*1-10H/b2*15-11+;14-9+;14-10+;14-9+;14-10+. The third kappa shape index (κ3) is 17.8. The van der Waals surface area contributed by atoms with Crippen LogP contribution >= 0.6 is 68.0 Å². The van der Waals surface area contributed by atoms with Crippen LogP contribution in [0.25, 0.3) is 127 Å². The van der Waals surface area contributed by atoms with Crippen LogP contribution in [0.1, 0.15) is 144 Å². The van der Waals surface area contributed by atoms with Gasteiger partial charge >= 0.3 is 931 Å². The Kier molecular flexibility index (Phi) is 26.1. The van der Waals surface area contributed by atoms with Crippen molar-refractivity contribution in [2.45, 2.75) is 0 Å². The maximum atomic E-state index is 12.4. The summed E-state index contributed by atoms with van der Waals surface area (Å²) in [5, 5.41) is 17.7. The number of hydrogen-bond donors (Lipinski definition) is 0. The molecule has 0 aliphatic heterocycles. The van der Waals surface area contributed by atoms with Gasteiger partial charge in [-0.3, -0.25) is 0 Å². The first-order valence-corrected chi connectivity index (χ1v) is 63.5. The quantitative estimate of drug-likeness (QED) is 0.0624. The molecule has 0 saturated heterocycles. The zero-order chi connectivity index (χ0) is 102. The number of para-hydroxylation sites is 2. The average molecular weight is 2600 g/mol. The first kappa shape index (κ1) is 96.6. The molecular weight excluding hydrogens is 2540 g/mol. The molecule has 2 aromatic carbocycles. The molecule has 30 rings (SSSR count). The van der Waals surface area contributed by atoms with Crippen molar-refractivity contribution in [2.75, 3.05) is 0 Å². The summed E-state index contributed by atoms with van der Waals surface area (Å²) in [4.78, 5) is 170. The molecule has 0 N–H and O–H groups in total. The average Bonchev–Trinajstić information content (AvgIpc) is 1.63. The maximum absolute atomic E-state index is 12.4. The number of pyridine rings is 4. The van der Waals surface area contributed by atoms with Gasteiger partial charge in [-0.05, 0) is 0 Å². The summed E-state index contributed by atoms with van der Waals surface area (Å²) >= 11 is 6.19. The van der Waals surface area contributed by atoms with Gasteiger partial charge in [-0.1, -0.05) is 0 Å². The van der Waals surface area contributed by atoms with Crippen LogP contribution in [0.15, 0.2) is 371 Å². The molecule has 720 valence electrons. The third-order valence-electron chi connectivity index (χ3n) is 25.5. The zero-order valence-electron chi connectivity index (χ0n) is 77.1. The van der Waals surface area contributed by atoms with Crippen molar-refractivity contribution in [3.05, 3.63) is 457 Å². The third-order valence-corrected chi connectivity index (χ3v) is 46.3. The fourth-order valence-corrected chi connectivity index (χ4v) is 37.4. The minimum atomic E-state index is -0.674. The number of nitrogens with zero attached hydrogens (tertiary/aromatic N) is 10. The topological polar surface area (TPSA) is 286 Å². The van der Waals surface area contributed by atoms with Crippen LogP contribution in [-0.2, 0) is 0 Å². The summed E-state index contributed by atoms with van der Waals surface area (Å²) < 4.78 is 26.5. The number of rotatable bonds is 12. The van der Waals surface area contributed by atoms with Crippen LogP contribution in [0.2, 0.25) is 0 Å². The second-order valence-electron chi connectivity index (χ2n) is 34.3. The van der Waals surface area contributed by atoms with E-state index >= 15 is 0 Å². The van der Waals surface area contributed by atoms with E-state index in [1.54, 1.807) is 124 Å². The van der Waals surface area contributed by atoms with Crippen molar-refractivity contribution in [1.82, 2.24) is 47.3 Å². The molecule has 0 spiro atoms. The zero-order valence-corrected chi connectivity index (χ0v) is 94.1. The van der Waals surface area contributed by atoms with Gasteiger partial charge in [0.1, 0.15) is 0 Å². The molecule has 22 heterocycles. The molecule has 0 fully saturated rings. The van der Waals surface area contributed by atoms with E-state index in [4.69, 9.17) is 0 Å². The van der Waals surface area contributed by atoms with E-state index in [0.29, 0.717) is 96.1 Å². The number of ketones is 12. The van der Waals surface area contributed by atoms with Gasteiger partial charge in [0.25, 0.3) is 0 Å². The van der Waals surface area contributed by atoms with Crippen molar-refractivity contribution in [2.24, 2.45) is 0 Å². The van der Waals surface area contributed by atoms with Gasteiger partial charge < -0.3 is 0 Å². The number of thiophene rings is 6. The minimum absolute atomic E-state index is 0.0209. The molecule has 0 bridgehead atoms. The van der Waals surface area contributed by atoms with Gasteiger partial charge in [-0.15, -0.1) is 0 Å². The molecule has 34 heteroatoms. The van der Waals surface area contributed by atoms with Crippen LogP contribution in [0.3, 0.4) is 0 Å². The molecule has 0 unspecified atom stereocenters. The number of benzene rings is 2. The van der Waals surface area contributed by atoms with Gasteiger partial charge in [0, 0.05) is 0 Å². The summed E-state index contributed by atoms with van der Waals surface area (Å²) in [5.74, 6) is -1.67. The summed E-state index contributed by atoms with van der Waals surface area (Å²) in [5.41, 5.74) is 11.5. The molecule has 0 amide bonds. The summed E-state index contributed by atoms with van der Waals surface area (Å²) in [6, 6.07) is 75.9. The number of carbonyl (C=O) groups excluding carboxylic acids is 12. The molecule has 6 aliphatic carbocycles. The van der Waals surface area contributed by atoms with Crippen LogP contribution in [-0.4, -0.2) is 222 Å². The van der Waals surface area contributed by atoms with Gasteiger partial charge in [0.2, 0.25) is 0 Å². The molecule has 0 atom stereocenters. The first-order chi connectivity index (χ1) is 73.3. The van der Waals surface area contributed by atoms with Gasteiger partial charge in [0.15, 0.2) is 0 Å². The van der Waals surface area contributed by atoms with Crippen molar-refractivity contribution in [1.29, 1.82) is 0 Å². The first-order valence-electron chi connectivity index (χ1n) is 46.0. The summed E-state index contributed by atoms with van der Waals surface area (Å²) in [7, 11) is 0. The number of fused-ring (bicyclic) bond motifs is 12. The van der Waals surface area contributed by atoms with E-state index in [-0.39, 0.29) is 113 Å². The van der Waals surface area contributed by atoms with E-state index < -0.39 is 61.3 Å². The van der Waals surface area contributed by atoms with Crippen LogP contribution < -0.4 is 0 Å². The molecule has 0 saturated carbocycles. The Hall–Kier alpha value is -14.2. The molecule has 6 aliphatic rings. The fraction of sp³-hybridized carbons (Fsp3) is 0. The predicted octanol–water partition coefficient (Wildman–Crippen LogP) is 22.8. The van der Waals surface area contributed by atoms with E-state index in [9.17, 15) is 57.5 Å². The Morgan fingerprint density at radius 3 is 0.867 bits per heavy atom. The molecule has 150 heavy (non-hydrogen) atoms. The Labute approximate surface area is 920 Å². The van der Waals surface area contributed by atoms with Gasteiger partial charge in [-0.25, -0.2) is 0 Å². The number of hydrogen-bond acceptors (Lipinski definition) is 22. The monoisotopic (exact) mass is 2610 g/mol. The summed E-state index contributed by atoms with van der Waals surface area (Å²) in [6.07, 6.45) is 33.9. The second-order valence-corrected chi connectivity index (χ2v) is 56.0. The van der Waals surface area contributed by atoms with E-state index in [1.165, 1.54) is 105 Å².